The van der Waals surface area contributed by atoms with Crippen molar-refractivity contribution in [3.63, 3.8) is 0 Å². The first-order chi connectivity index (χ1) is 13.0. The number of hydrogen-bond donors (Lipinski definition) is 1. The van der Waals surface area contributed by atoms with Crippen LogP contribution in [0.5, 0.6) is 5.88 Å². The Morgan fingerprint density at radius 3 is 2.41 bits per heavy atom. The van der Waals surface area contributed by atoms with Gasteiger partial charge in [-0.1, -0.05) is 60.1 Å². The molecular formula is C21H22ClN3O2. The lowest BCUT2D eigenvalue weighted by molar-refractivity contribution is -0.134. The van der Waals surface area contributed by atoms with E-state index in [4.69, 9.17) is 16.3 Å². The molecule has 0 atom stereocenters. The molecule has 3 aromatic rings. The van der Waals surface area contributed by atoms with E-state index in [9.17, 15) is 4.79 Å². The van der Waals surface area contributed by atoms with Gasteiger partial charge in [0.25, 0.3) is 11.8 Å². The van der Waals surface area contributed by atoms with Crippen molar-refractivity contribution >= 4 is 17.5 Å². The van der Waals surface area contributed by atoms with Gasteiger partial charge in [0.2, 0.25) is 0 Å². The van der Waals surface area contributed by atoms with Crippen LogP contribution in [0.15, 0.2) is 66.9 Å². The minimum absolute atomic E-state index is 0.219. The van der Waals surface area contributed by atoms with Gasteiger partial charge in [-0.2, -0.15) is 0 Å². The fourth-order valence-corrected chi connectivity index (χ4v) is 2.75. The maximum absolute atomic E-state index is 12.5. The number of rotatable bonds is 7. The van der Waals surface area contributed by atoms with Crippen LogP contribution in [0.1, 0.15) is 19.4 Å². The number of carbonyl (C=O) groups excluding carboxylic acids is 1. The Hall–Kier alpha value is -2.79. The van der Waals surface area contributed by atoms with E-state index in [1.807, 2.05) is 60.7 Å². The summed E-state index contributed by atoms with van der Waals surface area (Å²) in [6.07, 6.45) is 2.42. The summed E-state index contributed by atoms with van der Waals surface area (Å²) < 4.78 is 7.45. The summed E-state index contributed by atoms with van der Waals surface area (Å²) in [5.74, 6) is 0.00693. The highest BCUT2D eigenvalue weighted by Gasteiger charge is 2.31. The normalized spacial score (nSPS) is 11.2. The van der Waals surface area contributed by atoms with Crippen LogP contribution >= 0.6 is 11.6 Å². The second kappa shape index (κ2) is 8.27. The average Bonchev–Trinajstić information content (AvgIpc) is 3.03. The van der Waals surface area contributed by atoms with Crippen LogP contribution in [-0.4, -0.2) is 27.8 Å². The molecule has 0 aliphatic carbocycles. The fourth-order valence-electron chi connectivity index (χ4n) is 2.59. The molecule has 0 fully saturated rings. The fraction of sp³-hybridized carbons (Fsp3) is 0.238. The summed E-state index contributed by atoms with van der Waals surface area (Å²) in [4.78, 5) is 12.5. The molecule has 1 aromatic heterocycles. The molecular weight excluding hydrogens is 362 g/mol. The molecule has 1 N–H and O–H groups in total. The number of nitrogens with one attached hydrogen (secondary N) is 1. The van der Waals surface area contributed by atoms with Gasteiger partial charge in [-0.3, -0.25) is 4.79 Å². The number of ether oxygens (including phenoxy) is 1. The Bertz CT molecular complexity index is 892. The van der Waals surface area contributed by atoms with Crippen molar-refractivity contribution in [2.75, 3.05) is 6.54 Å². The number of benzene rings is 2. The SMILES string of the molecule is CC(C)(Oc1nn(-c2ccccc2)cc1Cl)C(=O)NCCc1ccccc1. The van der Waals surface area contributed by atoms with E-state index in [0.29, 0.717) is 11.6 Å². The van der Waals surface area contributed by atoms with E-state index in [1.165, 1.54) is 5.56 Å². The van der Waals surface area contributed by atoms with Crippen molar-refractivity contribution in [3.8, 4) is 11.6 Å². The number of nitrogens with zero attached hydrogens (tertiary/aromatic N) is 2. The molecule has 0 unspecified atom stereocenters. The molecule has 0 spiro atoms. The standard InChI is InChI=1S/C21H22ClN3O2/c1-21(2,20(26)23-14-13-16-9-5-3-6-10-16)27-19-18(22)15-25(24-19)17-11-7-4-8-12-17/h3-12,15H,13-14H2,1-2H3,(H,23,26). The Balaban J connectivity index is 1.61. The predicted molar refractivity (Wildman–Crippen MR) is 106 cm³/mol. The summed E-state index contributed by atoms with van der Waals surface area (Å²) in [6.45, 7) is 3.92. The predicted octanol–water partition coefficient (Wildman–Crippen LogP) is 4.04. The number of carbonyl (C=O) groups is 1. The first-order valence-electron chi connectivity index (χ1n) is 8.77. The van der Waals surface area contributed by atoms with Crippen molar-refractivity contribution in [1.29, 1.82) is 0 Å². The van der Waals surface area contributed by atoms with Crippen LogP contribution in [0.3, 0.4) is 0 Å². The van der Waals surface area contributed by atoms with E-state index >= 15 is 0 Å². The van der Waals surface area contributed by atoms with E-state index in [-0.39, 0.29) is 11.8 Å². The van der Waals surface area contributed by atoms with E-state index in [0.717, 1.165) is 12.1 Å². The van der Waals surface area contributed by atoms with Gasteiger partial charge in [-0.25, -0.2) is 4.68 Å². The molecule has 140 valence electrons. The minimum atomic E-state index is -1.10. The number of para-hydroxylation sites is 1. The smallest absolute Gasteiger partial charge is 0.263 e. The van der Waals surface area contributed by atoms with Crippen LogP contribution in [0.4, 0.5) is 0 Å². The quantitative estimate of drug-likeness (QED) is 0.669. The molecule has 0 bridgehead atoms. The molecule has 2 aromatic carbocycles. The van der Waals surface area contributed by atoms with E-state index in [2.05, 4.69) is 10.4 Å². The second-order valence-corrected chi connectivity index (χ2v) is 7.07. The van der Waals surface area contributed by atoms with Gasteiger partial charge < -0.3 is 10.1 Å². The number of aromatic nitrogens is 2. The van der Waals surface area contributed by atoms with E-state index < -0.39 is 5.60 Å². The van der Waals surface area contributed by atoms with Crippen molar-refractivity contribution in [3.05, 3.63) is 77.4 Å². The first kappa shape index (κ1) is 19.0. The Morgan fingerprint density at radius 1 is 1.11 bits per heavy atom. The molecule has 27 heavy (non-hydrogen) atoms. The Kier molecular flexibility index (Phi) is 5.81. The van der Waals surface area contributed by atoms with Crippen molar-refractivity contribution in [2.45, 2.75) is 25.9 Å². The molecule has 6 heteroatoms. The summed E-state index contributed by atoms with van der Waals surface area (Å²) in [5, 5.41) is 7.62. The summed E-state index contributed by atoms with van der Waals surface area (Å²) in [7, 11) is 0. The zero-order valence-electron chi connectivity index (χ0n) is 15.4. The lowest BCUT2D eigenvalue weighted by atomic mass is 10.1. The molecule has 3 rings (SSSR count). The third kappa shape index (κ3) is 4.89. The molecule has 1 amide bonds. The molecule has 0 aliphatic heterocycles. The molecule has 1 heterocycles. The summed E-state index contributed by atoms with van der Waals surface area (Å²) in [6, 6.07) is 19.6. The molecule has 5 nitrogen and oxygen atoms in total. The zero-order valence-corrected chi connectivity index (χ0v) is 16.1. The maximum Gasteiger partial charge on any atom is 0.263 e. The number of halogens is 1. The van der Waals surface area contributed by atoms with Crippen molar-refractivity contribution < 1.29 is 9.53 Å². The van der Waals surface area contributed by atoms with Gasteiger partial charge in [-0.05, 0) is 38.0 Å². The van der Waals surface area contributed by atoms with Crippen LogP contribution in [0.25, 0.3) is 5.69 Å². The van der Waals surface area contributed by atoms with Gasteiger partial charge >= 0.3 is 0 Å². The number of amides is 1. The first-order valence-corrected chi connectivity index (χ1v) is 9.15. The summed E-state index contributed by atoms with van der Waals surface area (Å²) in [5.41, 5.74) is 0.927. The third-order valence-corrected chi connectivity index (χ3v) is 4.36. The van der Waals surface area contributed by atoms with Gasteiger partial charge in [-0.15, -0.1) is 5.10 Å². The monoisotopic (exact) mass is 383 g/mol. The lowest BCUT2D eigenvalue weighted by Gasteiger charge is -2.24. The molecule has 0 radical (unpaired) electrons. The molecule has 0 aliphatic rings. The van der Waals surface area contributed by atoms with Gasteiger partial charge in [0, 0.05) is 6.54 Å². The highest BCUT2D eigenvalue weighted by molar-refractivity contribution is 6.31. The Morgan fingerprint density at radius 2 is 1.74 bits per heavy atom. The highest BCUT2D eigenvalue weighted by atomic mass is 35.5. The van der Waals surface area contributed by atoms with Gasteiger partial charge in [0.1, 0.15) is 5.02 Å². The van der Waals surface area contributed by atoms with Crippen LogP contribution in [-0.2, 0) is 11.2 Å². The van der Waals surface area contributed by atoms with Crippen molar-refractivity contribution in [2.24, 2.45) is 0 Å². The van der Waals surface area contributed by atoms with Gasteiger partial charge in [0.15, 0.2) is 5.60 Å². The zero-order chi connectivity index (χ0) is 19.3. The lowest BCUT2D eigenvalue weighted by Crippen LogP contribution is -2.47. The highest BCUT2D eigenvalue weighted by Crippen LogP contribution is 2.27. The van der Waals surface area contributed by atoms with E-state index in [1.54, 1.807) is 24.7 Å². The van der Waals surface area contributed by atoms with Crippen molar-refractivity contribution in [1.82, 2.24) is 15.1 Å². The second-order valence-electron chi connectivity index (χ2n) is 6.67. The molecule has 0 saturated heterocycles. The third-order valence-electron chi connectivity index (χ3n) is 4.10. The van der Waals surface area contributed by atoms with Gasteiger partial charge in [0.05, 0.1) is 11.9 Å². The topological polar surface area (TPSA) is 56.2 Å². The average molecular weight is 384 g/mol. The van der Waals surface area contributed by atoms with Crippen LogP contribution in [0.2, 0.25) is 5.02 Å². The Labute approximate surface area is 163 Å². The maximum atomic E-state index is 12.5. The number of hydrogen-bond acceptors (Lipinski definition) is 3. The largest absolute Gasteiger partial charge is 0.459 e. The minimum Gasteiger partial charge on any atom is -0.459 e. The summed E-state index contributed by atoms with van der Waals surface area (Å²) >= 11 is 6.25. The molecule has 0 saturated carbocycles. The van der Waals surface area contributed by atoms with Crippen LogP contribution < -0.4 is 10.1 Å². The van der Waals surface area contributed by atoms with Crippen LogP contribution in [0, 0.1) is 0 Å².